The van der Waals surface area contributed by atoms with E-state index in [1.54, 1.807) is 0 Å². The summed E-state index contributed by atoms with van der Waals surface area (Å²) < 4.78 is 1.88. The van der Waals surface area contributed by atoms with Gasteiger partial charge >= 0.3 is 0 Å². The van der Waals surface area contributed by atoms with Crippen molar-refractivity contribution in [3.05, 3.63) is 33.6 Å². The SMILES string of the molecule is CC(C)Cn1c(C(C)C)ccc(-c2csc(N)n2)c1=O. The van der Waals surface area contributed by atoms with Crippen molar-refractivity contribution < 1.29 is 0 Å². The maximum Gasteiger partial charge on any atom is 0.260 e. The number of hydrogen-bond acceptors (Lipinski definition) is 4. The predicted octanol–water partition coefficient (Wildman–Crippen LogP) is 3.33. The molecule has 2 N–H and O–H groups in total. The lowest BCUT2D eigenvalue weighted by atomic mass is 10.1. The molecule has 108 valence electrons. The quantitative estimate of drug-likeness (QED) is 0.940. The van der Waals surface area contributed by atoms with E-state index < -0.39 is 0 Å². The molecule has 0 aliphatic heterocycles. The van der Waals surface area contributed by atoms with E-state index in [0.29, 0.717) is 28.2 Å². The number of aromatic nitrogens is 2. The van der Waals surface area contributed by atoms with Gasteiger partial charge in [-0.3, -0.25) is 4.79 Å². The summed E-state index contributed by atoms with van der Waals surface area (Å²) >= 11 is 1.36. The first kappa shape index (κ1) is 14.8. The predicted molar refractivity (Wildman–Crippen MR) is 85.1 cm³/mol. The number of hydrogen-bond donors (Lipinski definition) is 1. The van der Waals surface area contributed by atoms with Gasteiger partial charge in [-0.25, -0.2) is 4.98 Å². The second-order valence-electron chi connectivity index (χ2n) is 5.71. The maximum atomic E-state index is 12.7. The molecule has 2 aromatic rings. The highest BCUT2D eigenvalue weighted by molar-refractivity contribution is 7.13. The van der Waals surface area contributed by atoms with Crippen LogP contribution in [0.2, 0.25) is 0 Å². The third kappa shape index (κ3) is 2.93. The van der Waals surface area contributed by atoms with Crippen LogP contribution in [-0.2, 0) is 6.54 Å². The maximum absolute atomic E-state index is 12.7. The van der Waals surface area contributed by atoms with Crippen LogP contribution in [0.4, 0.5) is 5.13 Å². The number of rotatable bonds is 4. The molecular formula is C15H21N3OS. The third-order valence-electron chi connectivity index (χ3n) is 3.15. The Kier molecular flexibility index (Phi) is 4.28. The molecule has 2 rings (SSSR count). The van der Waals surface area contributed by atoms with Crippen LogP contribution >= 0.6 is 11.3 Å². The summed E-state index contributed by atoms with van der Waals surface area (Å²) in [5.41, 5.74) is 8.05. The third-order valence-corrected chi connectivity index (χ3v) is 3.82. The van der Waals surface area contributed by atoms with Crippen molar-refractivity contribution in [1.29, 1.82) is 0 Å². The Morgan fingerprint density at radius 1 is 1.30 bits per heavy atom. The molecular weight excluding hydrogens is 270 g/mol. The van der Waals surface area contributed by atoms with Crippen LogP contribution in [0.1, 0.15) is 39.3 Å². The average Bonchev–Trinajstić information content (AvgIpc) is 2.77. The van der Waals surface area contributed by atoms with Gasteiger partial charge in [0.2, 0.25) is 0 Å². The first-order valence-corrected chi connectivity index (χ1v) is 7.73. The molecule has 0 aliphatic carbocycles. The fourth-order valence-corrected chi connectivity index (χ4v) is 2.82. The summed E-state index contributed by atoms with van der Waals surface area (Å²) in [6.45, 7) is 9.16. The van der Waals surface area contributed by atoms with E-state index in [2.05, 4.69) is 32.7 Å². The van der Waals surface area contributed by atoms with Gasteiger partial charge in [-0.2, -0.15) is 0 Å². The van der Waals surface area contributed by atoms with Gasteiger partial charge in [0.15, 0.2) is 5.13 Å². The monoisotopic (exact) mass is 291 g/mol. The molecule has 0 aromatic carbocycles. The standard InChI is InChI=1S/C15H21N3OS/c1-9(2)7-18-13(10(3)4)6-5-11(14(18)19)12-8-20-15(16)17-12/h5-6,8-10H,7H2,1-4H3,(H2,16,17). The lowest BCUT2D eigenvalue weighted by Gasteiger charge is -2.18. The molecule has 0 unspecified atom stereocenters. The van der Waals surface area contributed by atoms with E-state index in [1.807, 2.05) is 22.1 Å². The minimum absolute atomic E-state index is 0.0233. The van der Waals surface area contributed by atoms with Crippen molar-refractivity contribution >= 4 is 16.5 Å². The molecule has 4 nitrogen and oxygen atoms in total. The molecule has 0 radical (unpaired) electrons. The molecule has 5 heteroatoms. The Morgan fingerprint density at radius 2 is 2.00 bits per heavy atom. The number of pyridine rings is 1. The zero-order chi connectivity index (χ0) is 14.9. The highest BCUT2D eigenvalue weighted by Crippen LogP contribution is 2.22. The van der Waals surface area contributed by atoms with Gasteiger partial charge in [-0.05, 0) is 24.0 Å². The largest absolute Gasteiger partial charge is 0.375 e. The zero-order valence-corrected chi connectivity index (χ0v) is 13.2. The van der Waals surface area contributed by atoms with Gasteiger partial charge in [-0.1, -0.05) is 27.7 Å². The fraction of sp³-hybridized carbons (Fsp3) is 0.467. The summed E-state index contributed by atoms with van der Waals surface area (Å²) in [4.78, 5) is 16.9. The molecule has 20 heavy (non-hydrogen) atoms. The summed E-state index contributed by atoms with van der Waals surface area (Å²) in [7, 11) is 0. The van der Waals surface area contributed by atoms with Gasteiger partial charge in [0.1, 0.15) is 0 Å². The minimum atomic E-state index is 0.0233. The first-order valence-electron chi connectivity index (χ1n) is 6.85. The number of nitrogens with zero attached hydrogens (tertiary/aromatic N) is 2. The summed E-state index contributed by atoms with van der Waals surface area (Å²) in [5.74, 6) is 0.733. The van der Waals surface area contributed by atoms with Gasteiger partial charge in [-0.15, -0.1) is 11.3 Å². The summed E-state index contributed by atoms with van der Waals surface area (Å²) in [6, 6.07) is 3.89. The second kappa shape index (κ2) is 5.79. The lowest BCUT2D eigenvalue weighted by Crippen LogP contribution is -2.27. The Morgan fingerprint density at radius 3 is 2.50 bits per heavy atom. The lowest BCUT2D eigenvalue weighted by molar-refractivity contribution is 0.488. The first-order chi connectivity index (χ1) is 9.40. The average molecular weight is 291 g/mol. The van der Waals surface area contributed by atoms with Gasteiger partial charge in [0.25, 0.3) is 5.56 Å². The van der Waals surface area contributed by atoms with Crippen LogP contribution in [0.25, 0.3) is 11.3 Å². The van der Waals surface area contributed by atoms with Crippen molar-refractivity contribution in [3.8, 4) is 11.3 Å². The Hall–Kier alpha value is -1.62. The number of thiazole rings is 1. The van der Waals surface area contributed by atoms with E-state index in [0.717, 1.165) is 12.2 Å². The molecule has 0 bridgehead atoms. The van der Waals surface area contributed by atoms with Crippen molar-refractivity contribution in [3.63, 3.8) is 0 Å². The molecule has 0 fully saturated rings. The van der Waals surface area contributed by atoms with Crippen LogP contribution < -0.4 is 11.3 Å². The molecule has 2 aromatic heterocycles. The molecule has 0 spiro atoms. The zero-order valence-electron chi connectivity index (χ0n) is 12.4. The topological polar surface area (TPSA) is 60.9 Å². The van der Waals surface area contributed by atoms with E-state index in [9.17, 15) is 4.79 Å². The molecule has 0 saturated heterocycles. The van der Waals surface area contributed by atoms with Crippen LogP contribution in [0.15, 0.2) is 22.3 Å². The van der Waals surface area contributed by atoms with Crippen molar-refractivity contribution in [2.45, 2.75) is 40.2 Å². The smallest absolute Gasteiger partial charge is 0.260 e. The molecule has 0 saturated carbocycles. The van der Waals surface area contributed by atoms with E-state index in [-0.39, 0.29) is 5.56 Å². The number of nitrogen functional groups attached to an aromatic ring is 1. The van der Waals surface area contributed by atoms with Gasteiger partial charge in [0.05, 0.1) is 11.3 Å². The number of anilines is 1. The van der Waals surface area contributed by atoms with Crippen LogP contribution in [0, 0.1) is 5.92 Å². The minimum Gasteiger partial charge on any atom is -0.375 e. The molecule has 2 heterocycles. The van der Waals surface area contributed by atoms with Crippen molar-refractivity contribution in [1.82, 2.24) is 9.55 Å². The molecule has 0 amide bonds. The second-order valence-corrected chi connectivity index (χ2v) is 6.60. The van der Waals surface area contributed by atoms with Crippen LogP contribution in [0.3, 0.4) is 0 Å². The molecule has 0 atom stereocenters. The van der Waals surface area contributed by atoms with Crippen LogP contribution in [-0.4, -0.2) is 9.55 Å². The Labute approximate surface area is 123 Å². The van der Waals surface area contributed by atoms with Crippen molar-refractivity contribution in [2.75, 3.05) is 5.73 Å². The normalized spacial score (nSPS) is 11.5. The Balaban J connectivity index is 2.59. The Bertz CT molecular complexity index is 655. The van der Waals surface area contributed by atoms with Gasteiger partial charge in [0, 0.05) is 17.6 Å². The highest BCUT2D eigenvalue weighted by Gasteiger charge is 2.15. The van der Waals surface area contributed by atoms with E-state index >= 15 is 0 Å². The summed E-state index contributed by atoms with van der Waals surface area (Å²) in [6.07, 6.45) is 0. The molecule has 0 aliphatic rings. The van der Waals surface area contributed by atoms with Crippen LogP contribution in [0.5, 0.6) is 0 Å². The fourth-order valence-electron chi connectivity index (χ4n) is 2.26. The van der Waals surface area contributed by atoms with Crippen molar-refractivity contribution in [2.24, 2.45) is 5.92 Å². The highest BCUT2D eigenvalue weighted by atomic mass is 32.1. The number of nitrogens with two attached hydrogens (primary N) is 1. The van der Waals surface area contributed by atoms with E-state index in [1.165, 1.54) is 11.3 Å². The van der Waals surface area contributed by atoms with Gasteiger partial charge < -0.3 is 10.3 Å². The summed E-state index contributed by atoms with van der Waals surface area (Å²) in [5, 5.41) is 2.32. The van der Waals surface area contributed by atoms with E-state index in [4.69, 9.17) is 5.73 Å².